The molecule has 0 aromatic rings. The van der Waals surface area contributed by atoms with Crippen molar-refractivity contribution in [1.82, 2.24) is 20.9 Å². The number of primary amides is 1. The zero-order chi connectivity index (χ0) is 30.0. The molecule has 4 fully saturated rings. The molecule has 11 nitrogen and oxygen atoms in total. The van der Waals surface area contributed by atoms with E-state index in [0.717, 1.165) is 19.3 Å². The summed E-state index contributed by atoms with van der Waals surface area (Å²) in [6.45, 7) is 15.3. The first-order chi connectivity index (χ1) is 18.3. The second-order valence-electron chi connectivity index (χ2n) is 15.1. The van der Waals surface area contributed by atoms with Gasteiger partial charge in [-0.2, -0.15) is 0 Å². The molecule has 0 bridgehead atoms. The Labute approximate surface area is 237 Å². The van der Waals surface area contributed by atoms with Gasteiger partial charge in [0.2, 0.25) is 23.6 Å². The fourth-order valence-electron chi connectivity index (χ4n) is 6.94. The molecule has 1 spiro atoms. The summed E-state index contributed by atoms with van der Waals surface area (Å²) in [4.78, 5) is 67.0. The van der Waals surface area contributed by atoms with Gasteiger partial charge in [-0.05, 0) is 75.5 Å². The third-order valence-electron chi connectivity index (χ3n) is 9.42. The van der Waals surface area contributed by atoms with Gasteiger partial charge in [0, 0.05) is 18.0 Å². The van der Waals surface area contributed by atoms with Crippen molar-refractivity contribution in [2.45, 2.75) is 117 Å². The Kier molecular flexibility index (Phi) is 7.46. The van der Waals surface area contributed by atoms with Gasteiger partial charge in [0.25, 0.3) is 0 Å². The van der Waals surface area contributed by atoms with Crippen LogP contribution >= 0.6 is 0 Å². The van der Waals surface area contributed by atoms with E-state index in [2.05, 4.69) is 29.8 Å². The predicted octanol–water partition coefficient (Wildman–Crippen LogP) is 1.83. The Balaban J connectivity index is 1.51. The molecular formula is C29H47N5O6. The summed E-state index contributed by atoms with van der Waals surface area (Å²) in [5.74, 6) is -2.05. The third kappa shape index (κ3) is 5.79. The minimum atomic E-state index is -1.03. The minimum Gasteiger partial charge on any atom is -0.444 e. The maximum atomic E-state index is 14.0. The Morgan fingerprint density at radius 3 is 2.20 bits per heavy atom. The number of piperidine rings is 1. The van der Waals surface area contributed by atoms with E-state index in [4.69, 9.17) is 10.5 Å². The largest absolute Gasteiger partial charge is 0.444 e. The fourth-order valence-corrected chi connectivity index (χ4v) is 6.94. The van der Waals surface area contributed by atoms with Crippen LogP contribution in [0.15, 0.2) is 0 Å². The number of hydrogen-bond acceptors (Lipinski definition) is 6. The van der Waals surface area contributed by atoms with Crippen LogP contribution in [0.3, 0.4) is 0 Å². The number of nitrogens with zero attached hydrogens (tertiary/aromatic N) is 1. The summed E-state index contributed by atoms with van der Waals surface area (Å²) >= 11 is 0. The van der Waals surface area contributed by atoms with Gasteiger partial charge in [-0.3, -0.25) is 19.2 Å². The van der Waals surface area contributed by atoms with Gasteiger partial charge in [0.1, 0.15) is 23.7 Å². The summed E-state index contributed by atoms with van der Waals surface area (Å²) in [6.07, 6.45) is 2.95. The number of rotatable bonds is 7. The smallest absolute Gasteiger partial charge is 0.408 e. The number of ether oxygens (including phenoxy) is 1. The van der Waals surface area contributed by atoms with Crippen LogP contribution in [-0.2, 0) is 23.9 Å². The monoisotopic (exact) mass is 561 g/mol. The number of nitrogens with two attached hydrogens (primary N) is 1. The van der Waals surface area contributed by atoms with Crippen molar-refractivity contribution in [3.8, 4) is 0 Å². The topological polar surface area (TPSA) is 160 Å². The van der Waals surface area contributed by atoms with Crippen molar-refractivity contribution in [3.63, 3.8) is 0 Å². The molecular weight excluding hydrogens is 514 g/mol. The van der Waals surface area contributed by atoms with E-state index in [0.29, 0.717) is 13.0 Å². The molecule has 2 heterocycles. The molecule has 4 rings (SSSR count). The van der Waals surface area contributed by atoms with Crippen LogP contribution in [0.5, 0.6) is 0 Å². The summed E-state index contributed by atoms with van der Waals surface area (Å²) in [6, 6.07) is -2.80. The highest BCUT2D eigenvalue weighted by Crippen LogP contribution is 2.65. The van der Waals surface area contributed by atoms with Gasteiger partial charge in [-0.25, -0.2) is 4.79 Å². The van der Waals surface area contributed by atoms with E-state index in [9.17, 15) is 24.0 Å². The van der Waals surface area contributed by atoms with Gasteiger partial charge < -0.3 is 31.3 Å². The first-order valence-corrected chi connectivity index (χ1v) is 14.5. The summed E-state index contributed by atoms with van der Waals surface area (Å²) < 4.78 is 5.41. The van der Waals surface area contributed by atoms with Crippen LogP contribution in [0, 0.1) is 28.6 Å². The van der Waals surface area contributed by atoms with Crippen LogP contribution in [-0.4, -0.2) is 70.4 Å². The van der Waals surface area contributed by atoms with E-state index in [1.54, 1.807) is 20.8 Å². The molecule has 0 aromatic heterocycles. The number of carbonyl (C=O) groups is 5. The Morgan fingerprint density at radius 1 is 1.10 bits per heavy atom. The average molecular weight is 562 g/mol. The zero-order valence-electron chi connectivity index (χ0n) is 25.2. The maximum Gasteiger partial charge on any atom is 0.408 e. The molecule has 5 amide bonds. The van der Waals surface area contributed by atoms with Gasteiger partial charge >= 0.3 is 6.09 Å². The lowest BCUT2D eigenvalue weighted by Crippen LogP contribution is -2.60. The Bertz CT molecular complexity index is 1090. The quantitative estimate of drug-likeness (QED) is 0.371. The lowest BCUT2D eigenvalue weighted by atomic mass is 9.74. The molecule has 0 unspecified atom stereocenters. The van der Waals surface area contributed by atoms with Crippen molar-refractivity contribution < 1.29 is 28.7 Å². The predicted molar refractivity (Wildman–Crippen MR) is 147 cm³/mol. The molecule has 2 saturated heterocycles. The second-order valence-corrected chi connectivity index (χ2v) is 15.1. The van der Waals surface area contributed by atoms with Crippen molar-refractivity contribution in [1.29, 1.82) is 0 Å². The Morgan fingerprint density at radius 2 is 1.73 bits per heavy atom. The number of fused-ring (bicyclic) bond motifs is 1. The van der Waals surface area contributed by atoms with E-state index in [-0.39, 0.29) is 41.0 Å². The van der Waals surface area contributed by atoms with Crippen LogP contribution in [0.2, 0.25) is 0 Å². The second kappa shape index (κ2) is 9.91. The van der Waals surface area contributed by atoms with Crippen molar-refractivity contribution in [3.05, 3.63) is 0 Å². The summed E-state index contributed by atoms with van der Waals surface area (Å²) in [5.41, 5.74) is 3.95. The molecule has 0 aromatic carbocycles. The number of likely N-dealkylation sites (tertiary alicyclic amines) is 1. The molecule has 5 N–H and O–H groups in total. The first kappa shape index (κ1) is 30.1. The van der Waals surface area contributed by atoms with Crippen LogP contribution in [0.1, 0.15) is 87.5 Å². The SMILES string of the molecule is CC(C)(C)OC(=O)N[C@H](C(=O)N1C[C@H]2[C@@H]([C@H]1C(=O)N[C@@H](C[C@@H]1CC3(CCC3)NC1=O)C(N)=O)C2(C)C)C(C)(C)C. The number of amides is 5. The molecule has 0 radical (unpaired) electrons. The molecule has 2 aliphatic heterocycles. The standard InChI is InChI=1S/C29H47N5O6/c1-26(2,3)20(32-25(39)40-27(4,5)6)24(38)34-14-16-18(28(16,7)8)19(34)23(37)31-17(21(30)35)12-15-13-29(10-9-11-29)33-22(15)36/h15-20H,9-14H2,1-8H3,(H2,30,35)(H,31,37)(H,32,39)(H,33,36)/t15-,16+,17+,18+,19+,20-/m1/s1. The normalized spacial score (nSPS) is 29.5. The molecule has 2 aliphatic carbocycles. The Hall–Kier alpha value is -2.85. The lowest BCUT2D eigenvalue weighted by molar-refractivity contribution is -0.144. The van der Waals surface area contributed by atoms with Gasteiger partial charge in [0.05, 0.1) is 0 Å². The fraction of sp³-hybridized carbons (Fsp3) is 0.828. The third-order valence-corrected chi connectivity index (χ3v) is 9.42. The van der Waals surface area contributed by atoms with Gasteiger partial charge in [0.15, 0.2) is 0 Å². The molecule has 40 heavy (non-hydrogen) atoms. The van der Waals surface area contributed by atoms with Crippen LogP contribution < -0.4 is 21.7 Å². The molecule has 6 atom stereocenters. The first-order valence-electron chi connectivity index (χ1n) is 14.5. The van der Waals surface area contributed by atoms with E-state index in [1.807, 2.05) is 20.8 Å². The summed E-state index contributed by atoms with van der Waals surface area (Å²) in [5, 5.41) is 8.60. The average Bonchev–Trinajstić information content (AvgIpc) is 3.10. The number of alkyl carbamates (subject to hydrolysis) is 1. The van der Waals surface area contributed by atoms with Gasteiger partial charge in [-0.1, -0.05) is 34.6 Å². The highest BCUT2D eigenvalue weighted by atomic mass is 16.6. The number of nitrogens with one attached hydrogen (secondary N) is 3. The van der Waals surface area contributed by atoms with E-state index in [1.165, 1.54) is 4.90 Å². The van der Waals surface area contributed by atoms with Crippen LogP contribution in [0.4, 0.5) is 4.79 Å². The van der Waals surface area contributed by atoms with Crippen molar-refractivity contribution in [2.24, 2.45) is 34.3 Å². The van der Waals surface area contributed by atoms with E-state index < -0.39 is 53.0 Å². The maximum absolute atomic E-state index is 14.0. The molecule has 4 aliphatic rings. The van der Waals surface area contributed by atoms with Gasteiger partial charge in [-0.15, -0.1) is 0 Å². The number of carbonyl (C=O) groups excluding carboxylic acids is 5. The van der Waals surface area contributed by atoms with Crippen LogP contribution in [0.25, 0.3) is 0 Å². The van der Waals surface area contributed by atoms with E-state index >= 15 is 0 Å². The lowest BCUT2D eigenvalue weighted by Gasteiger charge is -2.38. The zero-order valence-corrected chi connectivity index (χ0v) is 25.2. The molecule has 224 valence electrons. The van der Waals surface area contributed by atoms with Crippen molar-refractivity contribution in [2.75, 3.05) is 6.54 Å². The van der Waals surface area contributed by atoms with Crippen molar-refractivity contribution >= 4 is 29.7 Å². The number of hydrogen-bond donors (Lipinski definition) is 4. The highest BCUT2D eigenvalue weighted by Gasteiger charge is 2.70. The molecule has 2 saturated carbocycles. The summed E-state index contributed by atoms with van der Waals surface area (Å²) in [7, 11) is 0. The highest BCUT2D eigenvalue weighted by molar-refractivity contribution is 5.95. The molecule has 11 heteroatoms. The minimum absolute atomic E-state index is 0.0971.